The maximum atomic E-state index is 11.7. The van der Waals surface area contributed by atoms with Crippen LogP contribution in [0.1, 0.15) is 5.56 Å². The van der Waals surface area contributed by atoms with Crippen LogP contribution in [-0.2, 0) is 6.54 Å². The lowest BCUT2D eigenvalue weighted by molar-refractivity contribution is 0.424. The predicted molar refractivity (Wildman–Crippen MR) is 64.6 cm³/mol. The normalized spacial score (nSPS) is 10.9. The Morgan fingerprint density at radius 3 is 2.72 bits per heavy atom. The van der Waals surface area contributed by atoms with E-state index in [0.717, 1.165) is 5.56 Å². The number of fused-ring (bicyclic) bond motifs is 1. The van der Waals surface area contributed by atoms with E-state index in [1.165, 1.54) is 10.8 Å². The van der Waals surface area contributed by atoms with E-state index in [2.05, 4.69) is 0 Å². The number of para-hydroxylation sites is 1. The first-order chi connectivity index (χ1) is 8.75. The number of aromatic nitrogens is 1. The molecule has 1 aromatic carbocycles. The third kappa shape index (κ3) is 1.66. The van der Waals surface area contributed by atoms with Gasteiger partial charge < -0.3 is 8.83 Å². The molecule has 0 fully saturated rings. The molecule has 0 aliphatic carbocycles. The summed E-state index contributed by atoms with van der Waals surface area (Å²) in [6, 6.07) is 8.60. The van der Waals surface area contributed by atoms with E-state index in [9.17, 15) is 9.59 Å². The highest BCUT2D eigenvalue weighted by atomic mass is 16.4. The minimum absolute atomic E-state index is 0.305. The molecule has 0 aliphatic heterocycles. The summed E-state index contributed by atoms with van der Waals surface area (Å²) >= 11 is 0. The van der Waals surface area contributed by atoms with Crippen molar-refractivity contribution in [3.05, 3.63) is 69.4 Å². The Labute approximate surface area is 101 Å². The maximum Gasteiger partial charge on any atom is 0.422 e. The van der Waals surface area contributed by atoms with Crippen LogP contribution in [0.4, 0.5) is 0 Å². The molecule has 3 aromatic rings. The van der Waals surface area contributed by atoms with Gasteiger partial charge in [-0.15, -0.1) is 0 Å². The Morgan fingerprint density at radius 2 is 1.94 bits per heavy atom. The summed E-state index contributed by atoms with van der Waals surface area (Å²) in [6.45, 7) is 0.305. The van der Waals surface area contributed by atoms with Crippen molar-refractivity contribution in [3.8, 4) is 0 Å². The Hall–Kier alpha value is -2.56. The van der Waals surface area contributed by atoms with Crippen molar-refractivity contribution in [3.63, 3.8) is 0 Å². The van der Waals surface area contributed by atoms with Gasteiger partial charge in [0.05, 0.1) is 30.0 Å². The molecule has 0 bridgehead atoms. The molecule has 5 nitrogen and oxygen atoms in total. The van der Waals surface area contributed by atoms with Crippen LogP contribution in [-0.4, -0.2) is 4.57 Å². The van der Waals surface area contributed by atoms with Crippen molar-refractivity contribution in [1.82, 2.24) is 4.57 Å². The lowest BCUT2D eigenvalue weighted by Gasteiger charge is -2.06. The smallest absolute Gasteiger partial charge is 0.422 e. The van der Waals surface area contributed by atoms with Crippen LogP contribution in [0.15, 0.2) is 61.3 Å². The molecule has 0 unspecified atom stereocenters. The Kier molecular flexibility index (Phi) is 2.37. The molecular formula is C13H9NO4. The van der Waals surface area contributed by atoms with Crippen LogP contribution in [0, 0.1) is 0 Å². The molecule has 0 spiro atoms. The van der Waals surface area contributed by atoms with Crippen LogP contribution in [0.25, 0.3) is 10.9 Å². The predicted octanol–water partition coefficient (Wildman–Crippen LogP) is 1.60. The van der Waals surface area contributed by atoms with Gasteiger partial charge in [-0.1, -0.05) is 12.1 Å². The van der Waals surface area contributed by atoms with Gasteiger partial charge in [-0.3, -0.25) is 4.57 Å². The van der Waals surface area contributed by atoms with E-state index >= 15 is 0 Å². The number of nitrogens with zero attached hydrogens (tertiary/aromatic N) is 1. The van der Waals surface area contributed by atoms with Gasteiger partial charge in [-0.2, -0.15) is 0 Å². The monoisotopic (exact) mass is 243 g/mol. The zero-order chi connectivity index (χ0) is 12.5. The van der Waals surface area contributed by atoms with Gasteiger partial charge in [-0.25, -0.2) is 9.59 Å². The van der Waals surface area contributed by atoms with Crippen molar-refractivity contribution >= 4 is 10.9 Å². The summed E-state index contributed by atoms with van der Waals surface area (Å²) in [6.07, 6.45) is 3.08. The van der Waals surface area contributed by atoms with Gasteiger partial charge in [0.15, 0.2) is 0 Å². The molecule has 0 aliphatic rings. The summed E-state index contributed by atoms with van der Waals surface area (Å²) in [4.78, 5) is 23.3. The van der Waals surface area contributed by atoms with Gasteiger partial charge >= 0.3 is 11.4 Å². The zero-order valence-corrected chi connectivity index (χ0v) is 9.33. The Morgan fingerprint density at radius 1 is 1.11 bits per heavy atom. The molecule has 0 saturated carbocycles. The fourth-order valence-electron chi connectivity index (χ4n) is 1.88. The summed E-state index contributed by atoms with van der Waals surface area (Å²) in [7, 11) is 0. The molecule has 2 heterocycles. The minimum Gasteiger partial charge on any atom is -0.472 e. The summed E-state index contributed by atoms with van der Waals surface area (Å²) in [5.74, 6) is -0.667. The number of rotatable bonds is 2. The third-order valence-corrected chi connectivity index (χ3v) is 2.74. The standard InChI is InChI=1S/C13H9NO4/c15-12-10-3-1-2-4-11(10)14(13(16)18-12)7-9-5-6-17-8-9/h1-6,8H,7H2. The van der Waals surface area contributed by atoms with Crippen LogP contribution in [0.5, 0.6) is 0 Å². The summed E-state index contributed by atoms with van der Waals surface area (Å²) < 4.78 is 11.1. The van der Waals surface area contributed by atoms with Crippen LogP contribution < -0.4 is 11.4 Å². The van der Waals surface area contributed by atoms with Crippen molar-refractivity contribution in [1.29, 1.82) is 0 Å². The molecule has 3 rings (SSSR count). The highest BCUT2D eigenvalue weighted by Crippen LogP contribution is 2.10. The molecular weight excluding hydrogens is 234 g/mol. The molecule has 18 heavy (non-hydrogen) atoms. The van der Waals surface area contributed by atoms with E-state index in [1.807, 2.05) is 0 Å². The number of hydrogen-bond acceptors (Lipinski definition) is 4. The fraction of sp³-hybridized carbons (Fsp3) is 0.0769. The van der Waals surface area contributed by atoms with E-state index in [1.54, 1.807) is 36.6 Å². The largest absolute Gasteiger partial charge is 0.472 e. The van der Waals surface area contributed by atoms with E-state index < -0.39 is 11.4 Å². The number of furan rings is 1. The van der Waals surface area contributed by atoms with Crippen LogP contribution >= 0.6 is 0 Å². The molecule has 0 atom stereocenters. The second-order valence-corrected chi connectivity index (χ2v) is 3.89. The van der Waals surface area contributed by atoms with Crippen molar-refractivity contribution < 1.29 is 8.83 Å². The van der Waals surface area contributed by atoms with E-state index in [0.29, 0.717) is 17.4 Å². The quantitative estimate of drug-likeness (QED) is 0.685. The second kappa shape index (κ2) is 4.03. The maximum absolute atomic E-state index is 11.7. The first-order valence-corrected chi connectivity index (χ1v) is 5.39. The third-order valence-electron chi connectivity index (χ3n) is 2.74. The topological polar surface area (TPSA) is 65.3 Å². The molecule has 0 radical (unpaired) electrons. The average Bonchev–Trinajstić information content (AvgIpc) is 2.87. The SMILES string of the molecule is O=c1oc(=O)n(Cc2ccoc2)c2ccccc12. The minimum atomic E-state index is -0.667. The molecule has 90 valence electrons. The molecule has 2 aromatic heterocycles. The Balaban J connectivity index is 2.28. The number of hydrogen-bond donors (Lipinski definition) is 0. The van der Waals surface area contributed by atoms with Crippen molar-refractivity contribution in [2.75, 3.05) is 0 Å². The van der Waals surface area contributed by atoms with Gasteiger partial charge in [0.1, 0.15) is 0 Å². The van der Waals surface area contributed by atoms with Crippen molar-refractivity contribution in [2.45, 2.75) is 6.54 Å². The van der Waals surface area contributed by atoms with Gasteiger partial charge in [0, 0.05) is 5.56 Å². The van der Waals surface area contributed by atoms with Gasteiger partial charge in [0.25, 0.3) is 0 Å². The van der Waals surface area contributed by atoms with Crippen LogP contribution in [0.2, 0.25) is 0 Å². The lowest BCUT2D eigenvalue weighted by Crippen LogP contribution is -2.25. The molecule has 0 N–H and O–H groups in total. The number of benzene rings is 1. The average molecular weight is 243 g/mol. The van der Waals surface area contributed by atoms with E-state index in [-0.39, 0.29) is 0 Å². The van der Waals surface area contributed by atoms with Crippen LogP contribution in [0.3, 0.4) is 0 Å². The lowest BCUT2D eigenvalue weighted by atomic mass is 10.2. The fourth-order valence-corrected chi connectivity index (χ4v) is 1.88. The van der Waals surface area contributed by atoms with E-state index in [4.69, 9.17) is 8.83 Å². The highest BCUT2D eigenvalue weighted by Gasteiger charge is 2.09. The molecule has 0 amide bonds. The first kappa shape index (κ1) is 10.6. The highest BCUT2D eigenvalue weighted by molar-refractivity contribution is 5.77. The molecule has 5 heteroatoms. The molecule has 0 saturated heterocycles. The van der Waals surface area contributed by atoms with Gasteiger partial charge in [0.2, 0.25) is 0 Å². The summed E-state index contributed by atoms with van der Waals surface area (Å²) in [5.41, 5.74) is 0.773. The zero-order valence-electron chi connectivity index (χ0n) is 9.33. The first-order valence-electron chi connectivity index (χ1n) is 5.39. The Bertz CT molecular complexity index is 796. The van der Waals surface area contributed by atoms with Crippen molar-refractivity contribution in [2.24, 2.45) is 0 Å². The second-order valence-electron chi connectivity index (χ2n) is 3.89. The summed E-state index contributed by atoms with van der Waals surface area (Å²) in [5, 5.41) is 0.389. The van der Waals surface area contributed by atoms with Gasteiger partial charge in [-0.05, 0) is 18.2 Å².